The zero-order valence-electron chi connectivity index (χ0n) is 16.9. The molecule has 8 heteroatoms. The van der Waals surface area contributed by atoms with Crippen LogP contribution >= 0.6 is 0 Å². The van der Waals surface area contributed by atoms with Crippen LogP contribution in [0.2, 0.25) is 0 Å². The van der Waals surface area contributed by atoms with Crippen LogP contribution in [-0.4, -0.2) is 62.9 Å². The third kappa shape index (κ3) is 5.85. The minimum absolute atomic E-state index is 0.235. The molecule has 2 rings (SSSR count). The first-order valence-corrected chi connectivity index (χ1v) is 9.53. The molecule has 1 aromatic rings. The molecule has 2 N–H and O–H groups in total. The van der Waals surface area contributed by atoms with Crippen LogP contribution in [0.3, 0.4) is 0 Å². The van der Waals surface area contributed by atoms with Crippen LogP contribution in [0.1, 0.15) is 45.9 Å². The van der Waals surface area contributed by atoms with E-state index in [0.29, 0.717) is 23.8 Å². The number of ether oxygens (including phenoxy) is 1. The van der Waals surface area contributed by atoms with Crippen molar-refractivity contribution in [3.63, 3.8) is 0 Å². The molecule has 0 spiro atoms. The molecular weight excluding hydrogens is 348 g/mol. The van der Waals surface area contributed by atoms with Gasteiger partial charge in [-0.1, -0.05) is 27.7 Å². The molecule has 2 heterocycles. The van der Waals surface area contributed by atoms with Gasteiger partial charge in [0.2, 0.25) is 5.95 Å². The van der Waals surface area contributed by atoms with E-state index in [-0.39, 0.29) is 18.1 Å². The Morgan fingerprint density at radius 3 is 2.52 bits per heavy atom. The summed E-state index contributed by atoms with van der Waals surface area (Å²) >= 11 is 0. The van der Waals surface area contributed by atoms with Gasteiger partial charge in [0.05, 0.1) is 19.0 Å². The summed E-state index contributed by atoms with van der Waals surface area (Å²) < 4.78 is 7.38. The maximum atomic E-state index is 12.0. The Kier molecular flexibility index (Phi) is 7.52. The van der Waals surface area contributed by atoms with E-state index >= 15 is 0 Å². The molecule has 0 amide bonds. The van der Waals surface area contributed by atoms with Crippen LogP contribution in [0.4, 0.5) is 5.95 Å². The van der Waals surface area contributed by atoms with Gasteiger partial charge in [-0.25, -0.2) is 4.99 Å². The van der Waals surface area contributed by atoms with Gasteiger partial charge in [0.15, 0.2) is 0 Å². The quantitative estimate of drug-likeness (QED) is 0.523. The van der Waals surface area contributed by atoms with E-state index in [1.54, 1.807) is 24.0 Å². The van der Waals surface area contributed by atoms with Crippen LogP contribution in [-0.2, 0) is 4.74 Å². The zero-order valence-corrected chi connectivity index (χ0v) is 16.9. The highest BCUT2D eigenvalue weighted by Crippen LogP contribution is 2.30. The topological polar surface area (TPSA) is 100 Å². The summed E-state index contributed by atoms with van der Waals surface area (Å²) in [5.41, 5.74) is 0.135. The van der Waals surface area contributed by atoms with Gasteiger partial charge in [0, 0.05) is 31.3 Å². The van der Waals surface area contributed by atoms with Gasteiger partial charge < -0.3 is 19.8 Å². The highest BCUT2D eigenvalue weighted by molar-refractivity contribution is 5.58. The Balaban J connectivity index is 2.32. The predicted molar refractivity (Wildman–Crippen MR) is 104 cm³/mol. The van der Waals surface area contributed by atoms with Crippen molar-refractivity contribution in [3.05, 3.63) is 22.1 Å². The lowest BCUT2D eigenvalue weighted by Crippen LogP contribution is -2.30. The Hall–Kier alpha value is -1.77. The fraction of sp³-hybridized carbons (Fsp3) is 0.737. The summed E-state index contributed by atoms with van der Waals surface area (Å²) in [6.45, 7) is 11.7. The fourth-order valence-corrected chi connectivity index (χ4v) is 3.16. The van der Waals surface area contributed by atoms with Crippen molar-refractivity contribution in [1.29, 1.82) is 0 Å². The molecule has 1 aliphatic rings. The van der Waals surface area contributed by atoms with Crippen LogP contribution < -0.4 is 5.56 Å². The molecule has 0 aliphatic carbocycles. The largest absolute Gasteiger partial charge is 0.394 e. The average molecular weight is 380 g/mol. The minimum atomic E-state index is -0.769. The highest BCUT2D eigenvalue weighted by Gasteiger charge is 2.35. The van der Waals surface area contributed by atoms with Crippen molar-refractivity contribution < 1.29 is 14.9 Å². The van der Waals surface area contributed by atoms with Crippen LogP contribution in [0.5, 0.6) is 0 Å². The fourth-order valence-electron chi connectivity index (χ4n) is 3.16. The number of aliphatic hydroxyl groups excluding tert-OH is 2. The zero-order chi connectivity index (χ0) is 20.1. The number of hydrogen-bond donors (Lipinski definition) is 2. The molecule has 1 aromatic heterocycles. The molecule has 1 fully saturated rings. The molecule has 27 heavy (non-hydrogen) atoms. The predicted octanol–water partition coefficient (Wildman–Crippen LogP) is 1.47. The molecular formula is C19H32N4O4. The van der Waals surface area contributed by atoms with Gasteiger partial charge in [-0.05, 0) is 18.8 Å². The van der Waals surface area contributed by atoms with Gasteiger partial charge in [-0.15, -0.1) is 0 Å². The third-order valence-electron chi connectivity index (χ3n) is 4.33. The van der Waals surface area contributed by atoms with Crippen LogP contribution in [0.25, 0.3) is 0 Å². The maximum Gasteiger partial charge on any atom is 0.277 e. The Bertz CT molecular complexity index is 691. The van der Waals surface area contributed by atoms with Crippen LogP contribution in [0, 0.1) is 18.8 Å². The molecule has 0 saturated carbocycles. The number of aromatic nitrogens is 2. The summed E-state index contributed by atoms with van der Waals surface area (Å²) in [5, 5.41) is 19.3. The molecule has 0 radical (unpaired) electrons. The van der Waals surface area contributed by atoms with Crippen LogP contribution in [0.15, 0.2) is 16.0 Å². The van der Waals surface area contributed by atoms with E-state index < -0.39 is 18.4 Å². The summed E-state index contributed by atoms with van der Waals surface area (Å²) in [6.07, 6.45) is 1.73. The minimum Gasteiger partial charge on any atom is -0.394 e. The van der Waals surface area contributed by atoms with E-state index in [4.69, 9.17) is 4.74 Å². The molecule has 3 atom stereocenters. The monoisotopic (exact) mass is 380 g/mol. The van der Waals surface area contributed by atoms with Gasteiger partial charge in [-0.2, -0.15) is 4.98 Å². The second-order valence-electron chi connectivity index (χ2n) is 8.04. The standard InChI is InChI=1S/C19H32N4O4/c1-12(2)7-22(8-13(3)4)11-20-19-21-18(26)14(5)9-23(19)17-6-15(25)16(10-24)27-17/h9,11-13,15-17,24-25H,6-8,10H2,1-5H3/b20-11+/t15-,16+,17+/m0/s1. The molecule has 0 unspecified atom stereocenters. The summed E-state index contributed by atoms with van der Waals surface area (Å²) in [7, 11) is 0. The van der Waals surface area contributed by atoms with Crippen molar-refractivity contribution >= 4 is 12.3 Å². The van der Waals surface area contributed by atoms with Gasteiger partial charge in [0.25, 0.3) is 5.56 Å². The number of aliphatic hydroxyl groups is 2. The number of aryl methyl sites for hydroxylation is 1. The van der Waals surface area contributed by atoms with Crippen molar-refractivity contribution in [1.82, 2.24) is 14.5 Å². The lowest BCUT2D eigenvalue weighted by atomic mass is 10.1. The normalized spacial score (nSPS) is 23.1. The van der Waals surface area contributed by atoms with Gasteiger partial charge >= 0.3 is 0 Å². The van der Waals surface area contributed by atoms with Crippen molar-refractivity contribution in [3.8, 4) is 0 Å². The Morgan fingerprint density at radius 1 is 1.37 bits per heavy atom. The van der Waals surface area contributed by atoms with Crippen molar-refractivity contribution in [2.75, 3.05) is 19.7 Å². The second kappa shape index (κ2) is 9.43. The first kappa shape index (κ1) is 21.5. The lowest BCUT2D eigenvalue weighted by molar-refractivity contribution is -0.0442. The van der Waals surface area contributed by atoms with E-state index in [9.17, 15) is 15.0 Å². The van der Waals surface area contributed by atoms with E-state index in [1.807, 2.05) is 0 Å². The number of rotatable bonds is 8. The number of aliphatic imine (C=N–C) groups is 1. The molecule has 152 valence electrons. The summed E-state index contributed by atoms with van der Waals surface area (Å²) in [4.78, 5) is 22.7. The van der Waals surface area contributed by atoms with Gasteiger partial charge in [-0.3, -0.25) is 9.36 Å². The summed E-state index contributed by atoms with van der Waals surface area (Å²) in [5.74, 6) is 1.18. The number of hydrogen-bond acceptors (Lipinski definition) is 6. The Labute approximate surface area is 160 Å². The second-order valence-corrected chi connectivity index (χ2v) is 8.04. The molecule has 0 bridgehead atoms. The molecule has 0 aromatic carbocycles. The number of nitrogens with zero attached hydrogens (tertiary/aromatic N) is 4. The maximum absolute atomic E-state index is 12.0. The SMILES string of the molecule is Cc1cn([C@H]2C[C@H](O)[C@@H](CO)O2)c(/N=C/N(CC(C)C)CC(C)C)nc1=O. The van der Waals surface area contributed by atoms with Crippen molar-refractivity contribution in [2.45, 2.75) is 59.5 Å². The third-order valence-corrected chi connectivity index (χ3v) is 4.33. The first-order valence-electron chi connectivity index (χ1n) is 9.53. The van der Waals surface area contributed by atoms with E-state index in [0.717, 1.165) is 13.1 Å². The average Bonchev–Trinajstić information content (AvgIpc) is 2.95. The molecule has 8 nitrogen and oxygen atoms in total. The van der Waals surface area contributed by atoms with Gasteiger partial charge in [0.1, 0.15) is 12.3 Å². The van der Waals surface area contributed by atoms with E-state index in [1.165, 1.54) is 0 Å². The Morgan fingerprint density at radius 2 is 2.00 bits per heavy atom. The lowest BCUT2D eigenvalue weighted by Gasteiger charge is -2.24. The summed E-state index contributed by atoms with van der Waals surface area (Å²) in [6, 6.07) is 0. The van der Waals surface area contributed by atoms with E-state index in [2.05, 4.69) is 42.6 Å². The first-order chi connectivity index (χ1) is 12.7. The van der Waals surface area contributed by atoms with Crippen molar-refractivity contribution in [2.24, 2.45) is 16.8 Å². The smallest absolute Gasteiger partial charge is 0.277 e. The molecule has 1 aliphatic heterocycles. The highest BCUT2D eigenvalue weighted by atomic mass is 16.5. The molecule has 1 saturated heterocycles.